The van der Waals surface area contributed by atoms with E-state index in [1.807, 2.05) is 0 Å². The molecule has 0 saturated carbocycles. The molecule has 0 aromatic heterocycles. The minimum Gasteiger partial charge on any atom is -0.481 e. The standard InChI is InChI=1S/C26H26N4O4/c27-18-1-9-22(10-2-18)31-17-26(32-23-11-3-19(28)4-12-23,33-24-13-5-20(29)6-14-24)34-25-15-7-21(30)8-16-25/h1-16H,17,27-30H2. The van der Waals surface area contributed by atoms with Crippen molar-refractivity contribution in [2.75, 3.05) is 29.5 Å². The molecule has 0 heterocycles. The highest BCUT2D eigenvalue weighted by molar-refractivity contribution is 5.44. The highest BCUT2D eigenvalue weighted by Gasteiger charge is 2.41. The van der Waals surface area contributed by atoms with Crippen LogP contribution in [0.2, 0.25) is 0 Å². The van der Waals surface area contributed by atoms with Crippen LogP contribution in [0, 0.1) is 0 Å². The van der Waals surface area contributed by atoms with E-state index in [0.717, 1.165) is 0 Å². The van der Waals surface area contributed by atoms with Gasteiger partial charge in [-0.25, -0.2) is 0 Å². The summed E-state index contributed by atoms with van der Waals surface area (Å²) in [5.41, 5.74) is 25.7. The molecule has 8 nitrogen and oxygen atoms in total. The second-order valence-electron chi connectivity index (χ2n) is 7.55. The first-order valence-electron chi connectivity index (χ1n) is 10.5. The van der Waals surface area contributed by atoms with Gasteiger partial charge in [-0.05, 0) is 97.1 Å². The third-order valence-electron chi connectivity index (χ3n) is 4.76. The van der Waals surface area contributed by atoms with Crippen LogP contribution in [0.5, 0.6) is 23.0 Å². The molecule has 0 unspecified atom stereocenters. The molecule has 0 aliphatic rings. The van der Waals surface area contributed by atoms with E-state index in [9.17, 15) is 0 Å². The Morgan fingerprint density at radius 3 is 0.971 bits per heavy atom. The van der Waals surface area contributed by atoms with Gasteiger partial charge in [0.25, 0.3) is 0 Å². The van der Waals surface area contributed by atoms with Gasteiger partial charge >= 0.3 is 5.97 Å². The van der Waals surface area contributed by atoms with Crippen molar-refractivity contribution in [1.29, 1.82) is 0 Å². The second kappa shape index (κ2) is 9.83. The number of hydrogen-bond donors (Lipinski definition) is 4. The van der Waals surface area contributed by atoms with Crippen LogP contribution >= 0.6 is 0 Å². The Morgan fingerprint density at radius 2 is 0.676 bits per heavy atom. The molecule has 0 aliphatic carbocycles. The molecule has 4 aromatic rings. The molecule has 0 fully saturated rings. The Balaban J connectivity index is 1.71. The number of anilines is 4. The van der Waals surface area contributed by atoms with E-state index < -0.39 is 5.97 Å². The third kappa shape index (κ3) is 5.95. The Hall–Kier alpha value is -4.72. The van der Waals surface area contributed by atoms with Crippen molar-refractivity contribution in [1.82, 2.24) is 0 Å². The minimum atomic E-state index is -1.73. The zero-order chi connectivity index (χ0) is 24.0. The van der Waals surface area contributed by atoms with Crippen molar-refractivity contribution in [3.05, 3.63) is 97.1 Å². The van der Waals surface area contributed by atoms with Crippen LogP contribution in [0.15, 0.2) is 97.1 Å². The summed E-state index contributed by atoms with van der Waals surface area (Å²) >= 11 is 0. The largest absolute Gasteiger partial charge is 0.481 e. The number of nitrogen functional groups attached to an aromatic ring is 4. The van der Waals surface area contributed by atoms with Gasteiger partial charge in [0.15, 0.2) is 0 Å². The van der Waals surface area contributed by atoms with Gasteiger partial charge in [0.2, 0.25) is 6.61 Å². The van der Waals surface area contributed by atoms with Crippen LogP contribution < -0.4 is 41.9 Å². The maximum atomic E-state index is 6.26. The summed E-state index contributed by atoms with van der Waals surface area (Å²) in [7, 11) is 0. The highest BCUT2D eigenvalue weighted by atomic mass is 16.9. The van der Waals surface area contributed by atoms with Crippen molar-refractivity contribution in [2.24, 2.45) is 0 Å². The lowest BCUT2D eigenvalue weighted by Gasteiger charge is -2.33. The minimum absolute atomic E-state index is 0.143. The topological polar surface area (TPSA) is 141 Å². The summed E-state index contributed by atoms with van der Waals surface area (Å²) in [6.45, 7) is -0.143. The Bertz CT molecular complexity index is 1080. The number of benzene rings is 4. The number of hydrogen-bond acceptors (Lipinski definition) is 8. The van der Waals surface area contributed by atoms with Crippen LogP contribution in [0.1, 0.15) is 0 Å². The molecule has 0 spiro atoms. The normalized spacial score (nSPS) is 10.9. The zero-order valence-corrected chi connectivity index (χ0v) is 18.4. The first kappa shape index (κ1) is 22.5. The van der Waals surface area contributed by atoms with Crippen molar-refractivity contribution >= 4 is 22.7 Å². The van der Waals surface area contributed by atoms with Crippen LogP contribution in [0.4, 0.5) is 22.7 Å². The first-order valence-corrected chi connectivity index (χ1v) is 10.5. The predicted octanol–water partition coefficient (Wildman–Crippen LogP) is 4.29. The number of ether oxygens (including phenoxy) is 4. The molecule has 8 N–H and O–H groups in total. The first-order chi connectivity index (χ1) is 16.4. The summed E-state index contributed by atoms with van der Waals surface area (Å²) < 4.78 is 24.8. The fourth-order valence-electron chi connectivity index (χ4n) is 3.03. The average Bonchev–Trinajstić information content (AvgIpc) is 2.83. The van der Waals surface area contributed by atoms with Crippen LogP contribution in [-0.4, -0.2) is 12.6 Å². The molecule has 4 aromatic carbocycles. The molecule has 0 radical (unpaired) electrons. The van der Waals surface area contributed by atoms with Crippen molar-refractivity contribution < 1.29 is 18.9 Å². The van der Waals surface area contributed by atoms with E-state index >= 15 is 0 Å². The van der Waals surface area contributed by atoms with Crippen LogP contribution in [0.3, 0.4) is 0 Å². The summed E-state index contributed by atoms with van der Waals surface area (Å²) in [6, 6.07) is 27.5. The average molecular weight is 459 g/mol. The van der Waals surface area contributed by atoms with Crippen molar-refractivity contribution in [3.8, 4) is 23.0 Å². The lowest BCUT2D eigenvalue weighted by molar-refractivity contribution is -0.266. The molecule has 4 rings (SSSR count). The van der Waals surface area contributed by atoms with Gasteiger partial charge in [0.05, 0.1) is 0 Å². The second-order valence-corrected chi connectivity index (χ2v) is 7.55. The summed E-state index contributed by atoms with van der Waals surface area (Å²) in [6.07, 6.45) is 0. The van der Waals surface area contributed by atoms with Gasteiger partial charge in [0, 0.05) is 22.7 Å². The van der Waals surface area contributed by atoms with E-state index in [1.165, 1.54) is 0 Å². The molecule has 34 heavy (non-hydrogen) atoms. The van der Waals surface area contributed by atoms with Gasteiger partial charge < -0.3 is 41.9 Å². The van der Waals surface area contributed by atoms with E-state index in [-0.39, 0.29) is 6.61 Å². The number of rotatable bonds is 9. The molecule has 8 heteroatoms. The van der Waals surface area contributed by atoms with Crippen molar-refractivity contribution in [3.63, 3.8) is 0 Å². The quantitative estimate of drug-likeness (QED) is 0.215. The maximum absolute atomic E-state index is 6.26. The van der Waals surface area contributed by atoms with E-state index in [4.69, 9.17) is 41.9 Å². The smallest absolute Gasteiger partial charge is 0.453 e. The van der Waals surface area contributed by atoms with Gasteiger partial charge in [-0.15, -0.1) is 0 Å². The van der Waals surface area contributed by atoms with Crippen LogP contribution in [-0.2, 0) is 0 Å². The van der Waals surface area contributed by atoms with Gasteiger partial charge in [0.1, 0.15) is 23.0 Å². The van der Waals surface area contributed by atoms with Gasteiger partial charge in [-0.2, -0.15) is 0 Å². The monoisotopic (exact) mass is 458 g/mol. The molecule has 0 atom stereocenters. The zero-order valence-electron chi connectivity index (χ0n) is 18.4. The van der Waals surface area contributed by atoms with Crippen LogP contribution in [0.25, 0.3) is 0 Å². The molecule has 0 saturated heterocycles. The molecular weight excluding hydrogens is 432 g/mol. The Morgan fingerprint density at radius 1 is 0.412 bits per heavy atom. The number of nitrogens with two attached hydrogens (primary N) is 4. The third-order valence-corrected chi connectivity index (χ3v) is 4.76. The van der Waals surface area contributed by atoms with E-state index in [1.54, 1.807) is 97.1 Å². The molecule has 174 valence electrons. The van der Waals surface area contributed by atoms with Gasteiger partial charge in [-0.1, -0.05) is 0 Å². The summed E-state index contributed by atoms with van der Waals surface area (Å²) in [5, 5.41) is 0. The predicted molar refractivity (Wildman–Crippen MR) is 134 cm³/mol. The fraction of sp³-hybridized carbons (Fsp3) is 0.0769. The molecular formula is C26H26N4O4. The Labute approximate surface area is 197 Å². The molecule has 0 aliphatic heterocycles. The SMILES string of the molecule is Nc1ccc(OCC(Oc2ccc(N)cc2)(Oc2ccc(N)cc2)Oc2ccc(N)cc2)cc1. The lowest BCUT2D eigenvalue weighted by Crippen LogP contribution is -2.53. The maximum Gasteiger partial charge on any atom is 0.453 e. The summed E-state index contributed by atoms with van der Waals surface area (Å²) in [4.78, 5) is 0. The summed E-state index contributed by atoms with van der Waals surface area (Å²) in [5.74, 6) is 0.202. The molecule has 0 bridgehead atoms. The molecule has 0 amide bonds. The highest BCUT2D eigenvalue weighted by Crippen LogP contribution is 2.29. The Kier molecular flexibility index (Phi) is 6.49. The van der Waals surface area contributed by atoms with E-state index in [2.05, 4.69) is 0 Å². The van der Waals surface area contributed by atoms with Crippen molar-refractivity contribution in [2.45, 2.75) is 5.97 Å². The van der Waals surface area contributed by atoms with E-state index in [0.29, 0.717) is 45.7 Å². The fourth-order valence-corrected chi connectivity index (χ4v) is 3.03. The lowest BCUT2D eigenvalue weighted by atomic mass is 10.3. The van der Waals surface area contributed by atoms with Gasteiger partial charge in [-0.3, -0.25) is 0 Å².